The second-order valence-corrected chi connectivity index (χ2v) is 5.12. The normalized spacial score (nSPS) is 10.2. The van der Waals surface area contributed by atoms with E-state index in [4.69, 9.17) is 51.7 Å². The van der Waals surface area contributed by atoms with E-state index in [0.717, 1.165) is 0 Å². The lowest BCUT2D eigenvalue weighted by atomic mass is 10.0. The van der Waals surface area contributed by atoms with Gasteiger partial charge in [0.05, 0.1) is 20.6 Å². The molecule has 0 amide bonds. The minimum atomic E-state index is 0.357. The maximum absolute atomic E-state index is 8.96. The van der Waals surface area contributed by atoms with Crippen molar-refractivity contribution in [3.8, 4) is 17.2 Å². The summed E-state index contributed by atoms with van der Waals surface area (Å²) >= 11 is 24.1. The topological polar surface area (TPSA) is 23.8 Å². The molecule has 0 bridgehead atoms. The second kappa shape index (κ2) is 5.38. The van der Waals surface area contributed by atoms with Gasteiger partial charge in [0.1, 0.15) is 6.07 Å². The molecular formula is C13H5Cl4N. The first-order valence-electron chi connectivity index (χ1n) is 4.88. The summed E-state index contributed by atoms with van der Waals surface area (Å²) in [5.41, 5.74) is 1.66. The zero-order chi connectivity index (χ0) is 13.3. The summed E-state index contributed by atoms with van der Waals surface area (Å²) in [6.45, 7) is 0. The van der Waals surface area contributed by atoms with Crippen molar-refractivity contribution >= 4 is 46.4 Å². The van der Waals surface area contributed by atoms with Crippen LogP contribution in [0.25, 0.3) is 11.1 Å². The van der Waals surface area contributed by atoms with Crippen molar-refractivity contribution in [3.63, 3.8) is 0 Å². The van der Waals surface area contributed by atoms with Gasteiger partial charge in [0, 0.05) is 10.6 Å². The van der Waals surface area contributed by atoms with Gasteiger partial charge < -0.3 is 0 Å². The van der Waals surface area contributed by atoms with Gasteiger partial charge in [-0.2, -0.15) is 5.26 Å². The average molecular weight is 317 g/mol. The van der Waals surface area contributed by atoms with E-state index in [2.05, 4.69) is 0 Å². The zero-order valence-electron chi connectivity index (χ0n) is 8.85. The molecule has 0 fully saturated rings. The molecule has 0 aliphatic carbocycles. The van der Waals surface area contributed by atoms with E-state index in [9.17, 15) is 0 Å². The molecule has 90 valence electrons. The van der Waals surface area contributed by atoms with E-state index in [0.29, 0.717) is 36.8 Å². The molecule has 0 atom stereocenters. The molecule has 0 aliphatic rings. The third-order valence-corrected chi connectivity index (χ3v) is 3.87. The molecule has 0 aliphatic heterocycles. The summed E-state index contributed by atoms with van der Waals surface area (Å²) in [5, 5.41) is 10.6. The predicted molar refractivity (Wildman–Crippen MR) is 76.6 cm³/mol. The van der Waals surface area contributed by atoms with Crippen molar-refractivity contribution < 1.29 is 0 Å². The van der Waals surface area contributed by atoms with Crippen LogP contribution >= 0.6 is 46.4 Å². The second-order valence-electron chi connectivity index (χ2n) is 3.52. The standard InChI is InChI=1S/C13H5Cl4N/c14-9-2-1-7(5-8(9)6-18)12-10(15)3-4-11(16)13(12)17/h1-5H. The number of hydrogen-bond acceptors (Lipinski definition) is 1. The molecule has 0 aromatic heterocycles. The molecule has 0 radical (unpaired) electrons. The Morgan fingerprint density at radius 3 is 2.11 bits per heavy atom. The van der Waals surface area contributed by atoms with E-state index >= 15 is 0 Å². The van der Waals surface area contributed by atoms with Gasteiger partial charge in [-0.15, -0.1) is 0 Å². The molecule has 2 rings (SSSR count). The Balaban J connectivity index is 2.70. The Morgan fingerprint density at radius 2 is 1.44 bits per heavy atom. The fourth-order valence-corrected chi connectivity index (χ4v) is 2.46. The highest BCUT2D eigenvalue weighted by Crippen LogP contribution is 2.39. The first-order chi connectivity index (χ1) is 8.54. The van der Waals surface area contributed by atoms with Gasteiger partial charge in [-0.3, -0.25) is 0 Å². The highest BCUT2D eigenvalue weighted by molar-refractivity contribution is 6.46. The summed E-state index contributed by atoms with van der Waals surface area (Å²) in [7, 11) is 0. The van der Waals surface area contributed by atoms with Crippen molar-refractivity contribution in [2.75, 3.05) is 0 Å². The van der Waals surface area contributed by atoms with E-state index in [-0.39, 0.29) is 0 Å². The van der Waals surface area contributed by atoms with Crippen molar-refractivity contribution in [3.05, 3.63) is 56.0 Å². The van der Waals surface area contributed by atoms with E-state index in [1.165, 1.54) is 0 Å². The van der Waals surface area contributed by atoms with Crippen molar-refractivity contribution in [1.29, 1.82) is 5.26 Å². The Kier molecular flexibility index (Phi) is 4.04. The van der Waals surface area contributed by atoms with Gasteiger partial charge in [0.25, 0.3) is 0 Å². The van der Waals surface area contributed by atoms with Crippen LogP contribution in [-0.4, -0.2) is 0 Å². The van der Waals surface area contributed by atoms with Crippen LogP contribution in [0.2, 0.25) is 20.1 Å². The Hall–Kier alpha value is -0.910. The SMILES string of the molecule is N#Cc1cc(-c2c(Cl)ccc(Cl)c2Cl)ccc1Cl. The van der Waals surface area contributed by atoms with Crippen LogP contribution in [0.15, 0.2) is 30.3 Å². The first kappa shape index (κ1) is 13.5. The molecule has 2 aromatic rings. The Bertz CT molecular complexity index is 659. The van der Waals surface area contributed by atoms with E-state index < -0.39 is 0 Å². The van der Waals surface area contributed by atoms with E-state index in [1.54, 1.807) is 30.3 Å². The number of halogens is 4. The largest absolute Gasteiger partial charge is 0.192 e. The maximum atomic E-state index is 8.96. The van der Waals surface area contributed by atoms with Crippen molar-refractivity contribution in [2.24, 2.45) is 0 Å². The fourth-order valence-electron chi connectivity index (χ4n) is 1.56. The molecule has 0 saturated carbocycles. The van der Waals surface area contributed by atoms with Crippen LogP contribution in [0.4, 0.5) is 0 Å². The monoisotopic (exact) mass is 315 g/mol. The Morgan fingerprint density at radius 1 is 0.833 bits per heavy atom. The van der Waals surface area contributed by atoms with Crippen molar-refractivity contribution in [1.82, 2.24) is 0 Å². The molecular weight excluding hydrogens is 312 g/mol. The molecule has 0 N–H and O–H groups in total. The highest BCUT2D eigenvalue weighted by Gasteiger charge is 2.13. The minimum Gasteiger partial charge on any atom is -0.192 e. The molecule has 1 nitrogen and oxygen atoms in total. The molecule has 5 heteroatoms. The number of hydrogen-bond donors (Lipinski definition) is 0. The van der Waals surface area contributed by atoms with Gasteiger partial charge in [-0.25, -0.2) is 0 Å². The summed E-state index contributed by atoms with van der Waals surface area (Å²) in [6, 6.07) is 10.3. The third kappa shape index (κ3) is 2.43. The smallest absolute Gasteiger partial charge is 0.101 e. The minimum absolute atomic E-state index is 0.357. The summed E-state index contributed by atoms with van der Waals surface area (Å²) in [5.74, 6) is 0. The van der Waals surface area contributed by atoms with E-state index in [1.807, 2.05) is 6.07 Å². The number of nitrogens with zero attached hydrogens (tertiary/aromatic N) is 1. The molecule has 0 unspecified atom stereocenters. The van der Waals surface area contributed by atoms with Gasteiger partial charge in [-0.05, 0) is 29.8 Å². The number of benzene rings is 2. The summed E-state index contributed by atoms with van der Waals surface area (Å²) < 4.78 is 0. The maximum Gasteiger partial charge on any atom is 0.101 e. The molecule has 0 spiro atoms. The fraction of sp³-hybridized carbons (Fsp3) is 0. The van der Waals surface area contributed by atoms with Crippen LogP contribution in [0.3, 0.4) is 0 Å². The van der Waals surface area contributed by atoms with Crippen LogP contribution in [0.1, 0.15) is 5.56 Å². The van der Waals surface area contributed by atoms with Crippen LogP contribution in [-0.2, 0) is 0 Å². The highest BCUT2D eigenvalue weighted by atomic mass is 35.5. The lowest BCUT2D eigenvalue weighted by Gasteiger charge is -2.09. The van der Waals surface area contributed by atoms with Crippen LogP contribution in [0.5, 0.6) is 0 Å². The summed E-state index contributed by atoms with van der Waals surface area (Å²) in [4.78, 5) is 0. The molecule has 0 heterocycles. The lowest BCUT2D eigenvalue weighted by Crippen LogP contribution is -1.85. The average Bonchev–Trinajstić information content (AvgIpc) is 2.36. The first-order valence-corrected chi connectivity index (χ1v) is 6.39. The molecule has 0 saturated heterocycles. The molecule has 2 aromatic carbocycles. The number of nitriles is 1. The van der Waals surface area contributed by atoms with Crippen LogP contribution in [0, 0.1) is 11.3 Å². The summed E-state index contributed by atoms with van der Waals surface area (Å²) in [6.07, 6.45) is 0. The zero-order valence-corrected chi connectivity index (χ0v) is 11.9. The van der Waals surface area contributed by atoms with Crippen molar-refractivity contribution in [2.45, 2.75) is 0 Å². The van der Waals surface area contributed by atoms with Crippen LogP contribution < -0.4 is 0 Å². The van der Waals surface area contributed by atoms with Gasteiger partial charge in [0.15, 0.2) is 0 Å². The molecule has 18 heavy (non-hydrogen) atoms. The third-order valence-electron chi connectivity index (χ3n) is 2.42. The quantitative estimate of drug-likeness (QED) is 0.606. The number of rotatable bonds is 1. The van der Waals surface area contributed by atoms with Gasteiger partial charge in [0.2, 0.25) is 0 Å². The predicted octanol–water partition coefficient (Wildman–Crippen LogP) is 5.84. The van der Waals surface area contributed by atoms with Gasteiger partial charge in [-0.1, -0.05) is 52.5 Å². The Labute approximate surface area is 124 Å². The van der Waals surface area contributed by atoms with Gasteiger partial charge >= 0.3 is 0 Å². The lowest BCUT2D eigenvalue weighted by molar-refractivity contribution is 1.48.